The van der Waals surface area contributed by atoms with Crippen LogP contribution in [0.2, 0.25) is 0 Å². The van der Waals surface area contributed by atoms with Crippen molar-refractivity contribution in [1.82, 2.24) is 15.2 Å². The van der Waals surface area contributed by atoms with Crippen molar-refractivity contribution in [2.24, 2.45) is 0 Å². The number of carbonyl (C=O) groups excluding carboxylic acids is 1. The van der Waals surface area contributed by atoms with E-state index in [-0.39, 0.29) is 11.5 Å². The molecule has 7 heteroatoms. The van der Waals surface area contributed by atoms with Gasteiger partial charge in [0.1, 0.15) is 6.26 Å². The first-order valence-corrected chi connectivity index (χ1v) is 10.2. The highest BCUT2D eigenvalue weighted by molar-refractivity contribution is 5.97. The van der Waals surface area contributed by atoms with Crippen LogP contribution in [0.15, 0.2) is 71.5 Å². The number of hydrogen-bond acceptors (Lipinski definition) is 5. The van der Waals surface area contributed by atoms with Gasteiger partial charge in [-0.2, -0.15) is 0 Å². The van der Waals surface area contributed by atoms with E-state index in [1.807, 2.05) is 43.3 Å². The highest BCUT2D eigenvalue weighted by Crippen LogP contribution is 2.32. The molecule has 162 valence electrons. The van der Waals surface area contributed by atoms with Crippen molar-refractivity contribution in [2.45, 2.75) is 0 Å². The van der Waals surface area contributed by atoms with Gasteiger partial charge in [0, 0.05) is 41.4 Å². The number of carbonyl (C=O) groups is 2. The Balaban J connectivity index is 1.64. The van der Waals surface area contributed by atoms with Crippen LogP contribution in [-0.2, 0) is 0 Å². The molecule has 0 aliphatic rings. The van der Waals surface area contributed by atoms with Gasteiger partial charge in [-0.25, -0.2) is 9.78 Å². The zero-order valence-corrected chi connectivity index (χ0v) is 17.8. The second kappa shape index (κ2) is 9.03. The van der Waals surface area contributed by atoms with Crippen LogP contribution in [0.3, 0.4) is 0 Å². The zero-order valence-electron chi connectivity index (χ0n) is 17.8. The average molecular weight is 429 g/mol. The summed E-state index contributed by atoms with van der Waals surface area (Å²) in [5.41, 5.74) is 4.67. The van der Waals surface area contributed by atoms with E-state index in [2.05, 4.69) is 10.3 Å². The van der Waals surface area contributed by atoms with Gasteiger partial charge < -0.3 is 19.7 Å². The molecule has 4 aromatic rings. The van der Waals surface area contributed by atoms with Crippen LogP contribution < -0.4 is 5.32 Å². The molecule has 2 aromatic carbocycles. The smallest absolute Gasteiger partial charge is 0.335 e. The number of carboxylic acid groups (broad SMARTS) is 1. The van der Waals surface area contributed by atoms with E-state index in [0.717, 1.165) is 34.2 Å². The number of fused-ring (bicyclic) bond motifs is 1. The highest BCUT2D eigenvalue weighted by Gasteiger charge is 2.13. The second-order valence-corrected chi connectivity index (χ2v) is 7.75. The molecule has 7 nitrogen and oxygen atoms in total. The van der Waals surface area contributed by atoms with Crippen LogP contribution in [0.4, 0.5) is 0 Å². The highest BCUT2D eigenvalue weighted by atomic mass is 16.4. The van der Waals surface area contributed by atoms with E-state index >= 15 is 0 Å². The van der Waals surface area contributed by atoms with E-state index in [0.29, 0.717) is 17.8 Å². The molecule has 0 atom stereocenters. The molecule has 0 unspecified atom stereocenters. The molecule has 1 amide bonds. The standard InChI is InChI=1S/C25H23N3O4/c1-28(2)11-10-26-23(29)19-5-3-4-18(12-19)20-13-21-22(15-32-24(21)27-14-20)16-6-8-17(9-7-16)25(30)31/h3-9,12-15H,10-11H2,1-2H3,(H,26,29)(H,30,31). The van der Waals surface area contributed by atoms with Crippen molar-refractivity contribution in [1.29, 1.82) is 0 Å². The number of likely N-dealkylation sites (N-methyl/N-ethyl adjacent to an activating group) is 1. The Morgan fingerprint density at radius 1 is 1.00 bits per heavy atom. The third-order valence-electron chi connectivity index (χ3n) is 5.18. The second-order valence-electron chi connectivity index (χ2n) is 7.75. The molecule has 0 saturated heterocycles. The first-order chi connectivity index (χ1) is 15.4. The van der Waals surface area contributed by atoms with Crippen LogP contribution in [-0.4, -0.2) is 54.1 Å². The Bertz CT molecular complexity index is 1280. The normalized spacial score (nSPS) is 11.1. The van der Waals surface area contributed by atoms with E-state index < -0.39 is 5.97 Å². The SMILES string of the molecule is CN(C)CCNC(=O)c1cccc(-c2cnc3occ(-c4ccc(C(=O)O)cc4)c3c2)c1. The summed E-state index contributed by atoms with van der Waals surface area (Å²) in [6.45, 7) is 1.34. The van der Waals surface area contributed by atoms with E-state index in [1.54, 1.807) is 42.8 Å². The monoisotopic (exact) mass is 429 g/mol. The van der Waals surface area contributed by atoms with Crippen LogP contribution in [0, 0.1) is 0 Å². The molecule has 2 aromatic heterocycles. The number of aromatic carboxylic acids is 1. The maximum atomic E-state index is 12.5. The van der Waals surface area contributed by atoms with Crippen molar-refractivity contribution in [3.05, 3.63) is 78.2 Å². The fraction of sp³-hybridized carbons (Fsp3) is 0.160. The summed E-state index contributed by atoms with van der Waals surface area (Å²) in [5.74, 6) is -1.09. The lowest BCUT2D eigenvalue weighted by Crippen LogP contribution is -2.31. The number of furan rings is 1. The number of nitrogens with zero attached hydrogens (tertiary/aromatic N) is 2. The number of aromatic nitrogens is 1. The molecule has 0 spiro atoms. The third-order valence-corrected chi connectivity index (χ3v) is 5.18. The first kappa shape index (κ1) is 21.3. The molecule has 0 saturated carbocycles. The number of carboxylic acids is 1. The van der Waals surface area contributed by atoms with Crippen molar-refractivity contribution in [2.75, 3.05) is 27.2 Å². The molecular weight excluding hydrogens is 406 g/mol. The quantitative estimate of drug-likeness (QED) is 0.458. The molecule has 32 heavy (non-hydrogen) atoms. The molecule has 0 radical (unpaired) electrons. The number of benzene rings is 2. The summed E-state index contributed by atoms with van der Waals surface area (Å²) >= 11 is 0. The number of hydrogen-bond donors (Lipinski definition) is 2. The van der Waals surface area contributed by atoms with Crippen molar-refractivity contribution >= 4 is 23.0 Å². The molecule has 0 bridgehead atoms. The predicted molar refractivity (Wildman–Crippen MR) is 123 cm³/mol. The largest absolute Gasteiger partial charge is 0.478 e. The van der Waals surface area contributed by atoms with Crippen molar-refractivity contribution < 1.29 is 19.1 Å². The molecule has 2 heterocycles. The summed E-state index contributed by atoms with van der Waals surface area (Å²) in [5, 5.41) is 12.9. The lowest BCUT2D eigenvalue weighted by molar-refractivity contribution is 0.0696. The first-order valence-electron chi connectivity index (χ1n) is 10.2. The minimum Gasteiger partial charge on any atom is -0.478 e. The van der Waals surface area contributed by atoms with Crippen LogP contribution in [0.1, 0.15) is 20.7 Å². The van der Waals surface area contributed by atoms with Gasteiger partial charge in [0.2, 0.25) is 5.71 Å². The van der Waals surface area contributed by atoms with Gasteiger partial charge in [0.05, 0.1) is 5.56 Å². The number of nitrogens with one attached hydrogen (secondary N) is 1. The minimum absolute atomic E-state index is 0.120. The molecule has 0 aliphatic heterocycles. The van der Waals surface area contributed by atoms with Crippen LogP contribution in [0.5, 0.6) is 0 Å². The Morgan fingerprint density at radius 3 is 2.50 bits per heavy atom. The Hall–Kier alpha value is -3.97. The maximum Gasteiger partial charge on any atom is 0.335 e. The van der Waals surface area contributed by atoms with Gasteiger partial charge in [-0.3, -0.25) is 4.79 Å². The minimum atomic E-state index is -0.969. The topological polar surface area (TPSA) is 95.7 Å². The molecule has 0 aliphatic carbocycles. The molecule has 0 fully saturated rings. The van der Waals surface area contributed by atoms with Gasteiger partial charge >= 0.3 is 5.97 Å². The number of pyridine rings is 1. The third kappa shape index (κ3) is 4.53. The lowest BCUT2D eigenvalue weighted by Gasteiger charge is -2.11. The number of rotatable bonds is 7. The Morgan fingerprint density at radius 2 is 1.78 bits per heavy atom. The van der Waals surface area contributed by atoms with Gasteiger partial charge in [0.25, 0.3) is 5.91 Å². The number of amides is 1. The summed E-state index contributed by atoms with van der Waals surface area (Å²) in [7, 11) is 3.92. The fourth-order valence-corrected chi connectivity index (χ4v) is 3.43. The zero-order chi connectivity index (χ0) is 22.7. The average Bonchev–Trinajstić information content (AvgIpc) is 3.22. The van der Waals surface area contributed by atoms with E-state index in [4.69, 9.17) is 9.52 Å². The van der Waals surface area contributed by atoms with E-state index in [1.165, 1.54) is 0 Å². The summed E-state index contributed by atoms with van der Waals surface area (Å²) in [6.07, 6.45) is 3.33. The molecular formula is C25H23N3O4. The van der Waals surface area contributed by atoms with Crippen molar-refractivity contribution in [3.63, 3.8) is 0 Å². The van der Waals surface area contributed by atoms with Crippen LogP contribution >= 0.6 is 0 Å². The van der Waals surface area contributed by atoms with Crippen LogP contribution in [0.25, 0.3) is 33.4 Å². The van der Waals surface area contributed by atoms with Gasteiger partial charge in [-0.1, -0.05) is 24.3 Å². The van der Waals surface area contributed by atoms with Crippen molar-refractivity contribution in [3.8, 4) is 22.3 Å². The molecule has 2 N–H and O–H groups in total. The Kier molecular flexibility index (Phi) is 6.00. The maximum absolute atomic E-state index is 12.5. The Labute approximate surface area is 185 Å². The summed E-state index contributed by atoms with van der Waals surface area (Å²) in [6, 6.07) is 16.0. The lowest BCUT2D eigenvalue weighted by atomic mass is 10.0. The van der Waals surface area contributed by atoms with Gasteiger partial charge in [-0.05, 0) is 55.6 Å². The summed E-state index contributed by atoms with van der Waals surface area (Å²) in [4.78, 5) is 30.0. The predicted octanol–water partition coefficient (Wildman–Crippen LogP) is 4.15. The fourth-order valence-electron chi connectivity index (χ4n) is 3.43. The molecule has 4 rings (SSSR count). The summed E-state index contributed by atoms with van der Waals surface area (Å²) < 4.78 is 5.60. The van der Waals surface area contributed by atoms with E-state index in [9.17, 15) is 9.59 Å². The van der Waals surface area contributed by atoms with Gasteiger partial charge in [-0.15, -0.1) is 0 Å². The van der Waals surface area contributed by atoms with Gasteiger partial charge in [0.15, 0.2) is 0 Å².